The number of thioether (sulfide) groups is 1. The van der Waals surface area contributed by atoms with E-state index in [2.05, 4.69) is 5.32 Å². The lowest BCUT2D eigenvalue weighted by Gasteiger charge is -2.01. The first-order chi connectivity index (χ1) is 9.15. The van der Waals surface area contributed by atoms with Crippen molar-refractivity contribution in [1.29, 1.82) is 0 Å². The molecule has 19 heavy (non-hydrogen) atoms. The molecule has 0 atom stereocenters. The Balaban J connectivity index is 1.75. The average molecular weight is 313 g/mol. The topological polar surface area (TPSA) is 66.4 Å². The van der Waals surface area contributed by atoms with Gasteiger partial charge in [-0.05, 0) is 23.6 Å². The van der Waals surface area contributed by atoms with E-state index in [0.717, 1.165) is 17.1 Å². The van der Waals surface area contributed by atoms with Crippen LogP contribution in [-0.4, -0.2) is 22.7 Å². The van der Waals surface area contributed by atoms with E-state index < -0.39 is 5.97 Å². The van der Waals surface area contributed by atoms with Gasteiger partial charge in [-0.2, -0.15) is 0 Å². The van der Waals surface area contributed by atoms with Gasteiger partial charge in [-0.15, -0.1) is 34.4 Å². The van der Waals surface area contributed by atoms with Crippen molar-refractivity contribution >= 4 is 51.3 Å². The minimum Gasteiger partial charge on any atom is -0.477 e. The van der Waals surface area contributed by atoms with Crippen LogP contribution in [0.5, 0.6) is 0 Å². The molecule has 1 amide bonds. The highest BCUT2D eigenvalue weighted by molar-refractivity contribution is 7.99. The second kappa shape index (κ2) is 6.74. The number of carbonyl (C=O) groups excluding carboxylic acids is 1. The van der Waals surface area contributed by atoms with Gasteiger partial charge in [0.05, 0.1) is 10.8 Å². The molecule has 0 fully saturated rings. The molecule has 0 aliphatic rings. The summed E-state index contributed by atoms with van der Waals surface area (Å²) >= 11 is 4.27. The predicted octanol–water partition coefficient (Wildman–Crippen LogP) is 3.38. The van der Waals surface area contributed by atoms with Gasteiger partial charge < -0.3 is 10.4 Å². The highest BCUT2D eigenvalue weighted by Gasteiger charge is 2.09. The standard InChI is InChI=1S/C12H11NO3S3/c14-10(7-17-6-8-2-1-5-18-8)13-11-4-3-9(19-11)12(15)16/h1-5H,6-7H2,(H,13,14)(H,15,16). The first-order valence-electron chi connectivity index (χ1n) is 5.38. The van der Waals surface area contributed by atoms with E-state index in [1.165, 1.54) is 22.7 Å². The lowest BCUT2D eigenvalue weighted by molar-refractivity contribution is -0.113. The van der Waals surface area contributed by atoms with Crippen molar-refractivity contribution in [2.75, 3.05) is 11.1 Å². The van der Waals surface area contributed by atoms with Gasteiger partial charge in [-0.25, -0.2) is 4.79 Å². The smallest absolute Gasteiger partial charge is 0.345 e. The van der Waals surface area contributed by atoms with Gasteiger partial charge in [0.1, 0.15) is 4.88 Å². The van der Waals surface area contributed by atoms with Crippen LogP contribution in [0.3, 0.4) is 0 Å². The van der Waals surface area contributed by atoms with Crippen LogP contribution in [0.2, 0.25) is 0 Å². The Kier molecular flexibility index (Phi) is 5.00. The maximum absolute atomic E-state index is 11.7. The van der Waals surface area contributed by atoms with Gasteiger partial charge >= 0.3 is 5.97 Å². The van der Waals surface area contributed by atoms with E-state index in [1.807, 2.05) is 17.5 Å². The van der Waals surface area contributed by atoms with Crippen LogP contribution in [0.1, 0.15) is 14.5 Å². The number of nitrogens with one attached hydrogen (secondary N) is 1. The first kappa shape index (κ1) is 14.1. The van der Waals surface area contributed by atoms with Gasteiger partial charge in [-0.3, -0.25) is 4.79 Å². The van der Waals surface area contributed by atoms with Crippen LogP contribution in [0.4, 0.5) is 5.00 Å². The molecule has 2 aromatic rings. The number of carboxylic acids is 1. The molecule has 2 N–H and O–H groups in total. The van der Waals surface area contributed by atoms with Gasteiger partial charge in [0.15, 0.2) is 0 Å². The molecule has 7 heteroatoms. The molecule has 0 radical (unpaired) electrons. The molecule has 2 heterocycles. The van der Waals surface area contributed by atoms with E-state index in [9.17, 15) is 9.59 Å². The molecule has 0 spiro atoms. The third-order valence-corrected chi connectivity index (χ3v) is 5.17. The molecule has 100 valence electrons. The number of carboxylic acid groups (broad SMARTS) is 1. The predicted molar refractivity (Wildman–Crippen MR) is 80.4 cm³/mol. The van der Waals surface area contributed by atoms with E-state index in [4.69, 9.17) is 5.11 Å². The van der Waals surface area contributed by atoms with Crippen LogP contribution in [0.25, 0.3) is 0 Å². The van der Waals surface area contributed by atoms with Gasteiger partial charge in [0, 0.05) is 10.6 Å². The van der Waals surface area contributed by atoms with Crippen molar-refractivity contribution in [2.45, 2.75) is 5.75 Å². The van der Waals surface area contributed by atoms with Crippen molar-refractivity contribution < 1.29 is 14.7 Å². The molecule has 0 saturated heterocycles. The zero-order valence-electron chi connectivity index (χ0n) is 9.79. The molecule has 4 nitrogen and oxygen atoms in total. The van der Waals surface area contributed by atoms with Gasteiger partial charge in [0.2, 0.25) is 5.91 Å². The first-order valence-corrected chi connectivity index (χ1v) is 8.23. The summed E-state index contributed by atoms with van der Waals surface area (Å²) in [4.78, 5) is 23.8. The zero-order chi connectivity index (χ0) is 13.7. The lowest BCUT2D eigenvalue weighted by Crippen LogP contribution is -2.13. The van der Waals surface area contributed by atoms with Crippen molar-refractivity contribution in [1.82, 2.24) is 0 Å². The molecular formula is C12H11NO3S3. The van der Waals surface area contributed by atoms with Crippen LogP contribution in [0.15, 0.2) is 29.6 Å². The largest absolute Gasteiger partial charge is 0.477 e. The Bertz CT molecular complexity index is 563. The summed E-state index contributed by atoms with van der Waals surface area (Å²) < 4.78 is 0. The van der Waals surface area contributed by atoms with Crippen molar-refractivity contribution in [3.63, 3.8) is 0 Å². The highest BCUT2D eigenvalue weighted by atomic mass is 32.2. The van der Waals surface area contributed by atoms with E-state index >= 15 is 0 Å². The normalized spacial score (nSPS) is 10.3. The Hall–Kier alpha value is -1.31. The Labute approximate surface area is 122 Å². The Morgan fingerprint density at radius 3 is 2.79 bits per heavy atom. The molecule has 0 unspecified atom stereocenters. The number of aromatic carboxylic acids is 1. The lowest BCUT2D eigenvalue weighted by atomic mass is 10.5. The SMILES string of the molecule is O=C(CSCc1cccs1)Nc1ccc(C(=O)O)s1. The summed E-state index contributed by atoms with van der Waals surface area (Å²) in [5.74, 6) is 0.0894. The summed E-state index contributed by atoms with van der Waals surface area (Å²) in [5, 5.41) is 14.0. The third-order valence-electron chi connectivity index (χ3n) is 2.14. The summed E-state index contributed by atoms with van der Waals surface area (Å²) in [6.45, 7) is 0. The zero-order valence-corrected chi connectivity index (χ0v) is 12.2. The summed E-state index contributed by atoms with van der Waals surface area (Å²) in [6.07, 6.45) is 0. The molecule has 0 aliphatic heterocycles. The summed E-state index contributed by atoms with van der Waals surface area (Å²) in [7, 11) is 0. The van der Waals surface area contributed by atoms with E-state index in [0.29, 0.717) is 10.8 Å². The third kappa shape index (κ3) is 4.38. The maximum atomic E-state index is 11.7. The van der Waals surface area contributed by atoms with Crippen molar-refractivity contribution in [2.24, 2.45) is 0 Å². The molecule has 0 aromatic carbocycles. The number of thiophene rings is 2. The highest BCUT2D eigenvalue weighted by Crippen LogP contribution is 2.22. The second-order valence-corrected chi connectivity index (χ2v) is 6.69. The van der Waals surface area contributed by atoms with Crippen molar-refractivity contribution in [3.05, 3.63) is 39.4 Å². The van der Waals surface area contributed by atoms with Crippen molar-refractivity contribution in [3.8, 4) is 0 Å². The molecule has 0 aliphatic carbocycles. The number of hydrogen-bond donors (Lipinski definition) is 2. The molecule has 2 aromatic heterocycles. The minimum absolute atomic E-state index is 0.111. The maximum Gasteiger partial charge on any atom is 0.345 e. The Morgan fingerprint density at radius 1 is 1.32 bits per heavy atom. The monoisotopic (exact) mass is 313 g/mol. The number of rotatable bonds is 6. The fourth-order valence-electron chi connectivity index (χ4n) is 1.33. The molecular weight excluding hydrogens is 302 g/mol. The fourth-order valence-corrected chi connectivity index (χ4v) is 3.76. The van der Waals surface area contributed by atoms with E-state index in [1.54, 1.807) is 17.4 Å². The minimum atomic E-state index is -0.974. The number of amides is 1. The Morgan fingerprint density at radius 2 is 2.16 bits per heavy atom. The number of hydrogen-bond acceptors (Lipinski definition) is 5. The molecule has 0 bridgehead atoms. The van der Waals surface area contributed by atoms with Crippen LogP contribution < -0.4 is 5.32 Å². The second-order valence-electron chi connectivity index (χ2n) is 3.59. The van der Waals surface area contributed by atoms with Gasteiger partial charge in [-0.1, -0.05) is 6.07 Å². The number of anilines is 1. The van der Waals surface area contributed by atoms with Gasteiger partial charge in [0.25, 0.3) is 0 Å². The fraction of sp³-hybridized carbons (Fsp3) is 0.167. The molecule has 2 rings (SSSR count). The summed E-state index contributed by atoms with van der Waals surface area (Å²) in [6, 6.07) is 7.12. The van der Waals surface area contributed by atoms with Crippen LogP contribution >= 0.6 is 34.4 Å². The van der Waals surface area contributed by atoms with Crippen LogP contribution in [-0.2, 0) is 10.5 Å². The number of carbonyl (C=O) groups is 2. The van der Waals surface area contributed by atoms with E-state index in [-0.39, 0.29) is 10.8 Å². The average Bonchev–Trinajstić information content (AvgIpc) is 3.00. The molecule has 0 saturated carbocycles. The summed E-state index contributed by atoms with van der Waals surface area (Å²) in [5.41, 5.74) is 0. The quantitative estimate of drug-likeness (QED) is 0.858. The van der Waals surface area contributed by atoms with Crippen LogP contribution in [0, 0.1) is 0 Å².